The van der Waals surface area contributed by atoms with Crippen LogP contribution >= 0.6 is 23.2 Å². The van der Waals surface area contributed by atoms with Crippen LogP contribution in [-0.2, 0) is 0 Å². The third kappa shape index (κ3) is 2.60. The van der Waals surface area contributed by atoms with Crippen LogP contribution in [0, 0.1) is 0 Å². The second-order valence-electron chi connectivity index (χ2n) is 3.16. The van der Waals surface area contributed by atoms with Crippen molar-refractivity contribution in [1.82, 2.24) is 4.90 Å². The van der Waals surface area contributed by atoms with E-state index in [-0.39, 0.29) is 6.04 Å². The molecule has 0 saturated heterocycles. The van der Waals surface area contributed by atoms with Crippen LogP contribution in [0.4, 0.5) is 0 Å². The predicted octanol–water partition coefficient (Wildman–Crippen LogP) is 3.18. The van der Waals surface area contributed by atoms with E-state index in [1.54, 1.807) is 0 Å². The van der Waals surface area contributed by atoms with Crippen molar-refractivity contribution in [2.45, 2.75) is 6.04 Å². The zero-order valence-electron chi connectivity index (χ0n) is 7.80. The number of benzene rings is 1. The van der Waals surface area contributed by atoms with Gasteiger partial charge < -0.3 is 4.90 Å². The molecular formula is C10H13Cl2N. The van der Waals surface area contributed by atoms with Crippen molar-refractivity contribution >= 4 is 23.2 Å². The van der Waals surface area contributed by atoms with Gasteiger partial charge in [0, 0.05) is 16.9 Å². The molecule has 1 aromatic carbocycles. The molecule has 0 aliphatic carbocycles. The normalized spacial score (nSPS) is 13.3. The van der Waals surface area contributed by atoms with Crippen LogP contribution in [0.15, 0.2) is 24.3 Å². The monoisotopic (exact) mass is 217 g/mol. The molecule has 0 N–H and O–H groups in total. The van der Waals surface area contributed by atoms with E-state index >= 15 is 0 Å². The first kappa shape index (κ1) is 10.8. The van der Waals surface area contributed by atoms with Crippen molar-refractivity contribution in [3.8, 4) is 0 Å². The maximum absolute atomic E-state index is 6.06. The molecule has 72 valence electrons. The lowest BCUT2D eigenvalue weighted by molar-refractivity contribution is 0.324. The summed E-state index contributed by atoms with van der Waals surface area (Å²) in [5.41, 5.74) is 1.09. The molecule has 0 aromatic heterocycles. The number of alkyl halides is 1. The van der Waals surface area contributed by atoms with Crippen LogP contribution in [0.2, 0.25) is 5.02 Å². The fraction of sp³-hybridized carbons (Fsp3) is 0.400. The van der Waals surface area contributed by atoms with E-state index in [0.29, 0.717) is 5.88 Å². The highest BCUT2D eigenvalue weighted by Crippen LogP contribution is 2.26. The molecule has 0 radical (unpaired) electrons. The Bertz CT molecular complexity index is 273. The summed E-state index contributed by atoms with van der Waals surface area (Å²) in [7, 11) is 3.99. The zero-order valence-corrected chi connectivity index (χ0v) is 9.31. The summed E-state index contributed by atoms with van der Waals surface area (Å²) in [5, 5.41) is 0.779. The summed E-state index contributed by atoms with van der Waals surface area (Å²) < 4.78 is 0. The van der Waals surface area contributed by atoms with Crippen LogP contribution in [0.1, 0.15) is 11.6 Å². The van der Waals surface area contributed by atoms with Gasteiger partial charge in [0.1, 0.15) is 0 Å². The molecule has 0 saturated carbocycles. The standard InChI is InChI=1S/C10H13Cl2N/c1-13(2)10(7-11)8-5-3-4-6-9(8)12/h3-6,10H,7H2,1-2H3. The minimum Gasteiger partial charge on any atom is -0.301 e. The molecule has 1 rings (SSSR count). The number of hydrogen-bond donors (Lipinski definition) is 0. The Hall–Kier alpha value is -0.240. The van der Waals surface area contributed by atoms with Crippen LogP contribution in [0.5, 0.6) is 0 Å². The van der Waals surface area contributed by atoms with E-state index in [9.17, 15) is 0 Å². The van der Waals surface area contributed by atoms with Crippen LogP contribution in [0.25, 0.3) is 0 Å². The van der Waals surface area contributed by atoms with Gasteiger partial charge in [-0.3, -0.25) is 0 Å². The summed E-state index contributed by atoms with van der Waals surface area (Å²) in [5.74, 6) is 0.552. The molecule has 1 unspecified atom stereocenters. The molecule has 0 fully saturated rings. The summed E-state index contributed by atoms with van der Waals surface area (Å²) in [4.78, 5) is 2.06. The molecule has 1 aromatic rings. The summed E-state index contributed by atoms with van der Waals surface area (Å²) in [6, 6.07) is 7.99. The topological polar surface area (TPSA) is 3.24 Å². The van der Waals surface area contributed by atoms with E-state index in [4.69, 9.17) is 23.2 Å². The summed E-state index contributed by atoms with van der Waals surface area (Å²) in [6.07, 6.45) is 0. The van der Waals surface area contributed by atoms with Gasteiger partial charge in [0.15, 0.2) is 0 Å². The molecule has 13 heavy (non-hydrogen) atoms. The molecule has 3 heteroatoms. The largest absolute Gasteiger partial charge is 0.301 e. The average molecular weight is 218 g/mol. The van der Waals surface area contributed by atoms with Gasteiger partial charge in [-0.15, -0.1) is 11.6 Å². The fourth-order valence-electron chi connectivity index (χ4n) is 1.24. The molecule has 0 amide bonds. The number of hydrogen-bond acceptors (Lipinski definition) is 1. The van der Waals surface area contributed by atoms with Gasteiger partial charge in [0.25, 0.3) is 0 Å². The Kier molecular flexibility index (Phi) is 4.04. The van der Waals surface area contributed by atoms with Gasteiger partial charge in [0.2, 0.25) is 0 Å². The SMILES string of the molecule is CN(C)C(CCl)c1ccccc1Cl. The number of nitrogens with zero attached hydrogens (tertiary/aromatic N) is 1. The summed E-state index contributed by atoms with van der Waals surface area (Å²) >= 11 is 11.9. The lowest BCUT2D eigenvalue weighted by atomic mass is 10.1. The highest BCUT2D eigenvalue weighted by Gasteiger charge is 2.14. The fourth-order valence-corrected chi connectivity index (χ4v) is 1.95. The third-order valence-electron chi connectivity index (χ3n) is 2.03. The first-order valence-corrected chi connectivity index (χ1v) is 5.05. The second kappa shape index (κ2) is 4.85. The molecule has 0 aliphatic heterocycles. The van der Waals surface area contributed by atoms with Crippen LogP contribution in [-0.4, -0.2) is 24.9 Å². The first-order chi connectivity index (χ1) is 6.16. The first-order valence-electron chi connectivity index (χ1n) is 4.13. The summed E-state index contributed by atoms with van der Waals surface area (Å²) in [6.45, 7) is 0. The van der Waals surface area contributed by atoms with Crippen LogP contribution < -0.4 is 0 Å². The van der Waals surface area contributed by atoms with Gasteiger partial charge in [-0.2, -0.15) is 0 Å². The molecule has 0 heterocycles. The minimum atomic E-state index is 0.190. The van der Waals surface area contributed by atoms with Crippen molar-refractivity contribution < 1.29 is 0 Å². The molecular weight excluding hydrogens is 205 g/mol. The quantitative estimate of drug-likeness (QED) is 0.704. The Balaban J connectivity index is 2.97. The van der Waals surface area contributed by atoms with Gasteiger partial charge in [-0.05, 0) is 25.7 Å². The highest BCUT2D eigenvalue weighted by atomic mass is 35.5. The maximum atomic E-state index is 6.06. The van der Waals surface area contributed by atoms with Crippen molar-refractivity contribution in [3.63, 3.8) is 0 Å². The van der Waals surface area contributed by atoms with E-state index in [0.717, 1.165) is 10.6 Å². The van der Waals surface area contributed by atoms with Gasteiger partial charge >= 0.3 is 0 Å². The molecule has 1 atom stereocenters. The Morgan fingerprint density at radius 1 is 1.31 bits per heavy atom. The van der Waals surface area contributed by atoms with Crippen molar-refractivity contribution in [2.75, 3.05) is 20.0 Å². The Morgan fingerprint density at radius 3 is 2.38 bits per heavy atom. The lowest BCUT2D eigenvalue weighted by Gasteiger charge is -2.23. The highest BCUT2D eigenvalue weighted by molar-refractivity contribution is 6.31. The zero-order chi connectivity index (χ0) is 9.84. The molecule has 0 spiro atoms. The van der Waals surface area contributed by atoms with Crippen molar-refractivity contribution in [1.29, 1.82) is 0 Å². The van der Waals surface area contributed by atoms with Gasteiger partial charge in [-0.1, -0.05) is 29.8 Å². The third-order valence-corrected chi connectivity index (χ3v) is 2.67. The maximum Gasteiger partial charge on any atom is 0.0492 e. The Morgan fingerprint density at radius 2 is 1.92 bits per heavy atom. The second-order valence-corrected chi connectivity index (χ2v) is 3.87. The average Bonchev–Trinajstić information content (AvgIpc) is 2.09. The van der Waals surface area contributed by atoms with Crippen LogP contribution in [0.3, 0.4) is 0 Å². The minimum absolute atomic E-state index is 0.190. The smallest absolute Gasteiger partial charge is 0.0492 e. The number of halogens is 2. The van der Waals surface area contributed by atoms with E-state index in [2.05, 4.69) is 4.90 Å². The molecule has 0 bridgehead atoms. The van der Waals surface area contributed by atoms with E-state index in [1.807, 2.05) is 38.4 Å². The van der Waals surface area contributed by atoms with E-state index in [1.165, 1.54) is 0 Å². The number of rotatable bonds is 3. The van der Waals surface area contributed by atoms with Crippen molar-refractivity contribution in [2.24, 2.45) is 0 Å². The molecule has 1 nitrogen and oxygen atoms in total. The van der Waals surface area contributed by atoms with Gasteiger partial charge in [-0.25, -0.2) is 0 Å². The lowest BCUT2D eigenvalue weighted by Crippen LogP contribution is -2.21. The Labute approximate surface area is 89.3 Å². The molecule has 0 aliphatic rings. The van der Waals surface area contributed by atoms with Gasteiger partial charge in [0.05, 0.1) is 0 Å². The van der Waals surface area contributed by atoms with Crippen molar-refractivity contribution in [3.05, 3.63) is 34.9 Å². The van der Waals surface area contributed by atoms with E-state index < -0.39 is 0 Å². The predicted molar refractivity (Wildman–Crippen MR) is 58.6 cm³/mol.